The Labute approximate surface area is 190 Å². The van der Waals surface area contributed by atoms with Crippen LogP contribution in [0.4, 0.5) is 4.79 Å². The average molecular weight is 455 g/mol. The van der Waals surface area contributed by atoms with E-state index in [-0.39, 0.29) is 24.5 Å². The minimum absolute atomic E-state index is 0.216. The number of nitrogens with one attached hydrogen (secondary N) is 1. The van der Waals surface area contributed by atoms with E-state index in [1.54, 1.807) is 17.9 Å². The normalized spacial score (nSPS) is 15.4. The number of thiophene rings is 1. The minimum Gasteiger partial charge on any atom is -0.464 e. The largest absolute Gasteiger partial charge is 0.464 e. The SMILES string of the molecule is CC.CCOC(=O)C(CC1CCN(C(=O)OC(C)(C)C)CC1)NC(=O)c1ccc(C)s1. The van der Waals surface area contributed by atoms with Crippen molar-refractivity contribution in [2.24, 2.45) is 5.92 Å². The minimum atomic E-state index is -0.692. The van der Waals surface area contributed by atoms with Crippen molar-refractivity contribution < 1.29 is 23.9 Å². The third-order valence-electron chi connectivity index (χ3n) is 4.68. The molecule has 0 saturated carbocycles. The molecule has 1 saturated heterocycles. The summed E-state index contributed by atoms with van der Waals surface area (Å²) >= 11 is 1.39. The number of ether oxygens (including phenoxy) is 2. The van der Waals surface area contributed by atoms with E-state index in [9.17, 15) is 14.4 Å². The molecular formula is C23H38N2O5S. The van der Waals surface area contributed by atoms with E-state index in [2.05, 4.69) is 5.32 Å². The highest BCUT2D eigenvalue weighted by molar-refractivity contribution is 7.13. The van der Waals surface area contributed by atoms with Crippen molar-refractivity contribution in [3.63, 3.8) is 0 Å². The molecule has 0 spiro atoms. The molecule has 0 bridgehead atoms. The van der Waals surface area contributed by atoms with Gasteiger partial charge in [0.25, 0.3) is 5.91 Å². The smallest absolute Gasteiger partial charge is 0.410 e. The van der Waals surface area contributed by atoms with Gasteiger partial charge in [-0.25, -0.2) is 9.59 Å². The number of carbonyl (C=O) groups is 3. The topological polar surface area (TPSA) is 84.9 Å². The second kappa shape index (κ2) is 12.7. The Morgan fingerprint density at radius 1 is 1.19 bits per heavy atom. The van der Waals surface area contributed by atoms with Crippen molar-refractivity contribution in [1.29, 1.82) is 0 Å². The molecule has 31 heavy (non-hydrogen) atoms. The molecule has 7 nitrogen and oxygen atoms in total. The first-order valence-corrected chi connectivity index (χ1v) is 11.9. The number of amides is 2. The fourth-order valence-electron chi connectivity index (χ4n) is 3.25. The first-order valence-electron chi connectivity index (χ1n) is 11.1. The number of nitrogens with zero attached hydrogens (tertiary/aromatic N) is 1. The van der Waals surface area contributed by atoms with Crippen molar-refractivity contribution in [2.45, 2.75) is 79.4 Å². The van der Waals surface area contributed by atoms with Crippen LogP contribution in [0.25, 0.3) is 0 Å². The molecule has 2 heterocycles. The molecule has 2 rings (SSSR count). The molecule has 0 aromatic carbocycles. The summed E-state index contributed by atoms with van der Waals surface area (Å²) in [6, 6.07) is 2.95. The summed E-state index contributed by atoms with van der Waals surface area (Å²) in [6.45, 7) is 14.6. The van der Waals surface area contributed by atoms with Crippen LogP contribution in [0.5, 0.6) is 0 Å². The van der Waals surface area contributed by atoms with Gasteiger partial charge in [0.15, 0.2) is 0 Å². The summed E-state index contributed by atoms with van der Waals surface area (Å²) in [5, 5.41) is 2.84. The zero-order valence-electron chi connectivity index (χ0n) is 19.9. The number of aryl methyl sites for hydroxylation is 1. The third-order valence-corrected chi connectivity index (χ3v) is 5.68. The second-order valence-corrected chi connectivity index (χ2v) is 9.62. The van der Waals surface area contributed by atoms with Crippen molar-refractivity contribution in [3.8, 4) is 0 Å². The number of hydrogen-bond donors (Lipinski definition) is 1. The number of hydrogen-bond acceptors (Lipinski definition) is 6. The standard InChI is InChI=1S/C21H32N2O5S.C2H6/c1-6-27-19(25)16(22-18(24)17-8-7-14(2)29-17)13-15-9-11-23(12-10-15)20(26)28-21(3,4)5;1-2/h7-8,15-16H,6,9-13H2,1-5H3,(H,22,24);1-2H3. The highest BCUT2D eigenvalue weighted by Gasteiger charge is 2.31. The molecule has 176 valence electrons. The summed E-state index contributed by atoms with van der Waals surface area (Å²) in [5.41, 5.74) is -0.520. The highest BCUT2D eigenvalue weighted by Crippen LogP contribution is 2.24. The molecule has 0 aliphatic carbocycles. The average Bonchev–Trinajstić information content (AvgIpc) is 3.15. The molecule has 1 N–H and O–H groups in total. The Bertz CT molecular complexity index is 718. The fraction of sp³-hybridized carbons (Fsp3) is 0.696. The quantitative estimate of drug-likeness (QED) is 0.625. The van der Waals surface area contributed by atoms with Gasteiger partial charge in [0.2, 0.25) is 0 Å². The molecule has 1 aromatic heterocycles. The molecule has 1 fully saturated rings. The van der Waals surface area contributed by atoms with Crippen molar-refractivity contribution in [2.75, 3.05) is 19.7 Å². The number of carbonyl (C=O) groups excluding carboxylic acids is 3. The Morgan fingerprint density at radius 2 is 1.81 bits per heavy atom. The molecule has 1 aliphatic rings. The van der Waals surface area contributed by atoms with Crippen LogP contribution in [0.1, 0.15) is 75.4 Å². The summed E-state index contributed by atoms with van der Waals surface area (Å²) in [4.78, 5) is 40.5. The predicted octanol–water partition coefficient (Wildman–Crippen LogP) is 4.78. The molecule has 0 radical (unpaired) electrons. The van der Waals surface area contributed by atoms with Crippen LogP contribution in [0.15, 0.2) is 12.1 Å². The van der Waals surface area contributed by atoms with Crippen LogP contribution >= 0.6 is 11.3 Å². The van der Waals surface area contributed by atoms with E-state index < -0.39 is 17.6 Å². The van der Waals surface area contributed by atoms with E-state index in [1.165, 1.54) is 11.3 Å². The first kappa shape index (κ1) is 26.9. The van der Waals surface area contributed by atoms with Crippen LogP contribution in [-0.4, -0.2) is 54.2 Å². The maximum atomic E-state index is 12.5. The van der Waals surface area contributed by atoms with Crippen LogP contribution in [0, 0.1) is 12.8 Å². The first-order chi connectivity index (χ1) is 14.6. The van der Waals surface area contributed by atoms with Gasteiger partial charge in [-0.2, -0.15) is 0 Å². The van der Waals surface area contributed by atoms with Gasteiger partial charge in [-0.05, 0) is 71.9 Å². The lowest BCUT2D eigenvalue weighted by atomic mass is 9.90. The second-order valence-electron chi connectivity index (χ2n) is 8.33. The van der Waals surface area contributed by atoms with Crippen molar-refractivity contribution in [1.82, 2.24) is 10.2 Å². The molecule has 1 aromatic rings. The van der Waals surface area contributed by atoms with Gasteiger partial charge in [-0.15, -0.1) is 11.3 Å². The Kier molecular flexibility index (Phi) is 11.0. The molecule has 1 unspecified atom stereocenters. The van der Waals surface area contributed by atoms with Crippen LogP contribution < -0.4 is 5.32 Å². The Hall–Kier alpha value is -2.09. The van der Waals surface area contributed by atoms with Crippen LogP contribution in [0.2, 0.25) is 0 Å². The van der Waals surface area contributed by atoms with E-state index in [1.807, 2.05) is 47.6 Å². The van der Waals surface area contributed by atoms with Crippen molar-refractivity contribution in [3.05, 3.63) is 21.9 Å². The van der Waals surface area contributed by atoms with Crippen LogP contribution in [-0.2, 0) is 14.3 Å². The summed E-state index contributed by atoms with van der Waals surface area (Å²) in [7, 11) is 0. The number of piperidine rings is 1. The molecular weight excluding hydrogens is 416 g/mol. The van der Waals surface area contributed by atoms with Gasteiger partial charge in [0, 0.05) is 18.0 Å². The van der Waals surface area contributed by atoms with Gasteiger partial charge in [-0.1, -0.05) is 13.8 Å². The van der Waals surface area contributed by atoms with Gasteiger partial charge < -0.3 is 19.7 Å². The summed E-state index contributed by atoms with van der Waals surface area (Å²) < 4.78 is 10.6. The van der Waals surface area contributed by atoms with E-state index >= 15 is 0 Å². The molecule has 2 amide bonds. The summed E-state index contributed by atoms with van der Waals surface area (Å²) in [6.07, 6.45) is 1.70. The number of esters is 1. The molecule has 8 heteroatoms. The third kappa shape index (κ3) is 9.29. The van der Waals surface area contributed by atoms with E-state index in [4.69, 9.17) is 9.47 Å². The number of likely N-dealkylation sites (tertiary alicyclic amines) is 1. The highest BCUT2D eigenvalue weighted by atomic mass is 32.1. The van der Waals surface area contributed by atoms with Gasteiger partial charge in [0.05, 0.1) is 11.5 Å². The maximum Gasteiger partial charge on any atom is 0.410 e. The lowest BCUT2D eigenvalue weighted by Crippen LogP contribution is -2.46. The monoisotopic (exact) mass is 454 g/mol. The lowest BCUT2D eigenvalue weighted by Gasteiger charge is -2.34. The zero-order valence-corrected chi connectivity index (χ0v) is 20.8. The van der Waals surface area contributed by atoms with E-state index in [0.717, 1.165) is 17.7 Å². The van der Waals surface area contributed by atoms with E-state index in [0.29, 0.717) is 24.4 Å². The van der Waals surface area contributed by atoms with Gasteiger partial charge >= 0.3 is 12.1 Å². The Balaban J connectivity index is 0.00000233. The van der Waals surface area contributed by atoms with Crippen molar-refractivity contribution >= 4 is 29.3 Å². The Morgan fingerprint density at radius 3 is 2.29 bits per heavy atom. The summed E-state index contributed by atoms with van der Waals surface area (Å²) in [5.74, 6) is -0.454. The number of rotatable bonds is 6. The maximum absolute atomic E-state index is 12.5. The molecule has 1 atom stereocenters. The zero-order chi connectivity index (χ0) is 23.6. The van der Waals surface area contributed by atoms with Crippen LogP contribution in [0.3, 0.4) is 0 Å². The van der Waals surface area contributed by atoms with Gasteiger partial charge in [-0.3, -0.25) is 4.79 Å². The van der Waals surface area contributed by atoms with Gasteiger partial charge in [0.1, 0.15) is 11.6 Å². The fourth-order valence-corrected chi connectivity index (χ4v) is 4.02. The molecule has 1 aliphatic heterocycles. The lowest BCUT2D eigenvalue weighted by molar-refractivity contribution is -0.146. The predicted molar refractivity (Wildman–Crippen MR) is 123 cm³/mol.